The van der Waals surface area contributed by atoms with Crippen molar-refractivity contribution >= 4 is 63.1 Å². The van der Waals surface area contributed by atoms with Gasteiger partial charge in [-0.3, -0.25) is 34.2 Å². The van der Waals surface area contributed by atoms with Crippen molar-refractivity contribution in [1.29, 1.82) is 0 Å². The molecule has 0 aromatic heterocycles. The molecule has 49 heavy (non-hydrogen) atoms. The lowest BCUT2D eigenvalue weighted by Crippen LogP contribution is -2.49. The number of carbonyl (C=O) groups is 4. The number of phenolic OH excluding ortho intramolecular Hbond substituents is 1. The Hall–Kier alpha value is -5.42. The molecule has 246 valence electrons. The van der Waals surface area contributed by atoms with Gasteiger partial charge in [0.2, 0.25) is 23.6 Å². The number of imide groups is 2. The van der Waals surface area contributed by atoms with Crippen LogP contribution >= 0.6 is 11.6 Å². The van der Waals surface area contributed by atoms with Crippen LogP contribution in [-0.4, -0.2) is 33.7 Å². The van der Waals surface area contributed by atoms with Crippen LogP contribution in [0.15, 0.2) is 90.5 Å². The topological polar surface area (TPSA) is 138 Å². The molecule has 0 spiro atoms. The van der Waals surface area contributed by atoms with Crippen LogP contribution < -0.4 is 9.80 Å². The van der Waals surface area contributed by atoms with Crippen LogP contribution in [0.4, 0.5) is 21.5 Å². The van der Waals surface area contributed by atoms with Gasteiger partial charge in [-0.2, -0.15) is 0 Å². The average Bonchev–Trinajstić information content (AvgIpc) is 3.46. The monoisotopic (exact) mass is 679 g/mol. The first-order valence-corrected chi connectivity index (χ1v) is 16.2. The van der Waals surface area contributed by atoms with E-state index in [4.69, 9.17) is 11.6 Å². The Bertz CT molecular complexity index is 2200. The molecule has 4 aromatic carbocycles. The van der Waals surface area contributed by atoms with E-state index in [-0.39, 0.29) is 40.7 Å². The Labute approximate surface area is 283 Å². The van der Waals surface area contributed by atoms with Crippen LogP contribution in [0.3, 0.4) is 0 Å². The number of hydrogen-bond acceptors (Lipinski definition) is 7. The summed E-state index contributed by atoms with van der Waals surface area (Å²) in [4.78, 5) is 70.1. The smallest absolute Gasteiger partial charge is 0.269 e. The Morgan fingerprint density at radius 1 is 0.878 bits per heavy atom. The summed E-state index contributed by atoms with van der Waals surface area (Å²) in [5, 5.41) is 23.0. The third-order valence-electron chi connectivity index (χ3n) is 11.0. The summed E-state index contributed by atoms with van der Waals surface area (Å²) in [6.07, 6.45) is 2.22. The maximum atomic E-state index is 14.7. The van der Waals surface area contributed by atoms with Gasteiger partial charge in [0.25, 0.3) is 5.69 Å². The number of allylic oxidation sites excluding steroid dienone is 2. The molecule has 3 fully saturated rings. The normalized spacial score (nSPS) is 27.7. The van der Waals surface area contributed by atoms with Gasteiger partial charge >= 0.3 is 0 Å². The number of fused-ring (bicyclic) bond motifs is 5. The molecule has 8 rings (SSSR count). The van der Waals surface area contributed by atoms with Gasteiger partial charge in [-0.1, -0.05) is 53.6 Å². The second-order valence-corrected chi connectivity index (χ2v) is 13.7. The van der Waals surface area contributed by atoms with Crippen molar-refractivity contribution in [2.45, 2.75) is 25.7 Å². The predicted octanol–water partition coefficient (Wildman–Crippen LogP) is 6.68. The van der Waals surface area contributed by atoms with E-state index in [9.17, 15) is 38.8 Å². The standard InChI is InChI=1S/C37H27ClFN3O7/c1-37-27(34(45)41(36(37)47)20-10-14-29(39)28(38)16-20)17-26-24(32(37)23-13-15-30(43)22-5-3-2-4-21(22)23)11-12-25-31(26)35(46)40(33(25)44)18-6-8-19(9-7-18)42(48)49/h2-11,13-16,25-27,31-32,43H,12,17H2,1H3/t25-,26+,27-,31-,32-,37+/m0/s1. The van der Waals surface area contributed by atoms with Crippen molar-refractivity contribution in [1.82, 2.24) is 0 Å². The molecule has 1 N–H and O–H groups in total. The average molecular weight is 680 g/mol. The first-order chi connectivity index (χ1) is 23.4. The summed E-state index contributed by atoms with van der Waals surface area (Å²) in [7, 11) is 0. The Morgan fingerprint density at radius 2 is 1.57 bits per heavy atom. The fourth-order valence-corrected chi connectivity index (χ4v) is 8.94. The molecule has 6 atom stereocenters. The second-order valence-electron chi connectivity index (χ2n) is 13.3. The maximum Gasteiger partial charge on any atom is 0.269 e. The molecule has 0 unspecified atom stereocenters. The van der Waals surface area contributed by atoms with Crippen LogP contribution in [0, 0.1) is 45.0 Å². The minimum atomic E-state index is -1.36. The number of hydrogen-bond donors (Lipinski definition) is 1. The molecule has 0 bridgehead atoms. The van der Waals surface area contributed by atoms with Crippen LogP contribution in [0.2, 0.25) is 5.02 Å². The van der Waals surface area contributed by atoms with E-state index in [1.165, 1.54) is 36.4 Å². The second kappa shape index (κ2) is 10.8. The first kappa shape index (κ1) is 30.9. The van der Waals surface area contributed by atoms with E-state index in [1.807, 2.05) is 18.2 Å². The number of amides is 4. The molecule has 10 nitrogen and oxygen atoms in total. The van der Waals surface area contributed by atoms with Gasteiger partial charge in [-0.15, -0.1) is 0 Å². The van der Waals surface area contributed by atoms with Crippen LogP contribution in [0.25, 0.3) is 10.8 Å². The molecular formula is C37H27ClFN3O7. The first-order valence-electron chi connectivity index (χ1n) is 15.8. The molecule has 1 saturated carbocycles. The largest absolute Gasteiger partial charge is 0.507 e. The highest BCUT2D eigenvalue weighted by Gasteiger charge is 2.67. The van der Waals surface area contributed by atoms with E-state index < -0.39 is 69.4 Å². The number of anilines is 2. The SMILES string of the molecule is C[C@@]12C(=O)N(c3ccc(F)c(Cl)c3)C(=O)[C@@H]1C[C@@H]1C(=CC[C@@H]3C(=O)N(c4ccc([N+](=O)[O-])cc4)C(=O)[C@@H]31)[C@@H]2c1ccc(O)c2ccccc12. The van der Waals surface area contributed by atoms with Crippen molar-refractivity contribution in [3.8, 4) is 5.75 Å². The number of nitro groups is 1. The highest BCUT2D eigenvalue weighted by molar-refractivity contribution is 6.32. The van der Waals surface area contributed by atoms with Gasteiger partial charge in [-0.05, 0) is 73.0 Å². The number of non-ortho nitro benzene ring substituents is 1. The number of nitro benzene ring substituents is 1. The molecule has 2 aliphatic heterocycles. The zero-order valence-electron chi connectivity index (χ0n) is 25.9. The molecule has 2 saturated heterocycles. The predicted molar refractivity (Wildman–Crippen MR) is 177 cm³/mol. The van der Waals surface area contributed by atoms with E-state index in [0.717, 1.165) is 21.4 Å². The Balaban J connectivity index is 1.29. The van der Waals surface area contributed by atoms with Crippen LogP contribution in [-0.2, 0) is 19.2 Å². The molecule has 4 amide bonds. The number of carbonyl (C=O) groups excluding carboxylic acids is 4. The quantitative estimate of drug-likeness (QED) is 0.110. The van der Waals surface area contributed by atoms with Gasteiger partial charge in [0.15, 0.2) is 0 Å². The van der Waals surface area contributed by atoms with Gasteiger partial charge in [0, 0.05) is 23.4 Å². The third-order valence-corrected chi connectivity index (χ3v) is 11.3. The number of benzene rings is 4. The van der Waals surface area contributed by atoms with E-state index >= 15 is 0 Å². The summed E-state index contributed by atoms with van der Waals surface area (Å²) in [6, 6.07) is 19.3. The lowest BCUT2D eigenvalue weighted by Gasteiger charge is -2.49. The lowest BCUT2D eigenvalue weighted by atomic mass is 9.51. The number of nitrogens with zero attached hydrogens (tertiary/aromatic N) is 3. The summed E-state index contributed by atoms with van der Waals surface area (Å²) in [6.45, 7) is 1.74. The molecule has 4 aromatic rings. The molecule has 0 radical (unpaired) electrons. The van der Waals surface area contributed by atoms with Crippen molar-refractivity contribution in [3.05, 3.63) is 117 Å². The molecule has 2 aliphatic carbocycles. The Morgan fingerprint density at radius 3 is 2.27 bits per heavy atom. The Kier molecular flexibility index (Phi) is 6.80. The molecular weight excluding hydrogens is 653 g/mol. The zero-order valence-corrected chi connectivity index (χ0v) is 26.6. The van der Waals surface area contributed by atoms with Gasteiger partial charge in [0.1, 0.15) is 11.6 Å². The van der Waals surface area contributed by atoms with Crippen LogP contribution in [0.5, 0.6) is 5.75 Å². The summed E-state index contributed by atoms with van der Waals surface area (Å²) >= 11 is 6.09. The molecule has 2 heterocycles. The highest BCUT2D eigenvalue weighted by atomic mass is 35.5. The van der Waals surface area contributed by atoms with Gasteiger partial charge in [0.05, 0.1) is 44.5 Å². The minimum Gasteiger partial charge on any atom is -0.507 e. The van der Waals surface area contributed by atoms with E-state index in [0.29, 0.717) is 16.3 Å². The van der Waals surface area contributed by atoms with Crippen molar-refractivity contribution < 1.29 is 33.6 Å². The number of phenols is 1. The highest BCUT2D eigenvalue weighted by Crippen LogP contribution is 2.64. The van der Waals surface area contributed by atoms with E-state index in [1.54, 1.807) is 31.2 Å². The van der Waals surface area contributed by atoms with Crippen LogP contribution in [0.1, 0.15) is 31.2 Å². The third kappa shape index (κ3) is 4.24. The van der Waals surface area contributed by atoms with E-state index in [2.05, 4.69) is 0 Å². The summed E-state index contributed by atoms with van der Waals surface area (Å²) < 4.78 is 14.2. The number of rotatable bonds is 4. The van der Waals surface area contributed by atoms with Crippen molar-refractivity contribution in [3.63, 3.8) is 0 Å². The number of halogens is 2. The molecule has 4 aliphatic rings. The minimum absolute atomic E-state index is 0.0396. The zero-order chi connectivity index (χ0) is 34.5. The number of aromatic hydroxyl groups is 1. The lowest BCUT2D eigenvalue weighted by molar-refractivity contribution is -0.384. The van der Waals surface area contributed by atoms with Gasteiger partial charge < -0.3 is 5.11 Å². The maximum absolute atomic E-state index is 14.7. The van der Waals surface area contributed by atoms with Crippen molar-refractivity contribution in [2.24, 2.45) is 29.1 Å². The summed E-state index contributed by atoms with van der Waals surface area (Å²) in [5.74, 6) is -6.47. The summed E-state index contributed by atoms with van der Waals surface area (Å²) in [5.41, 5.74) is 0.219. The van der Waals surface area contributed by atoms with Gasteiger partial charge in [-0.25, -0.2) is 9.29 Å². The fraction of sp³-hybridized carbons (Fsp3) is 0.243. The van der Waals surface area contributed by atoms with Crippen molar-refractivity contribution in [2.75, 3.05) is 9.80 Å². The fourth-order valence-electron chi connectivity index (χ4n) is 8.77. The molecule has 12 heteroatoms.